The Bertz CT molecular complexity index is 299. The van der Waals surface area contributed by atoms with Crippen molar-refractivity contribution in [2.45, 2.75) is 19.8 Å². The van der Waals surface area contributed by atoms with Crippen molar-refractivity contribution in [1.29, 1.82) is 0 Å². The molecule has 0 unspecified atom stereocenters. The average Bonchev–Trinajstić information content (AvgIpc) is 2.18. The summed E-state index contributed by atoms with van der Waals surface area (Å²) in [6.07, 6.45) is 2.47. The largest absolute Gasteiger partial charge is 0.385 e. The number of hydrogen-bond acceptors (Lipinski definition) is 2. The quantitative estimate of drug-likeness (QED) is 0.788. The zero-order valence-corrected chi connectivity index (χ0v) is 9.29. The molecule has 1 aromatic carbocycles. The molecule has 0 saturated carbocycles. The van der Waals surface area contributed by atoms with Crippen molar-refractivity contribution in [3.63, 3.8) is 0 Å². The van der Waals surface area contributed by atoms with Crippen LogP contribution < -0.4 is 10.6 Å². The van der Waals surface area contributed by atoms with Gasteiger partial charge in [0, 0.05) is 24.5 Å². The van der Waals surface area contributed by atoms with Crippen molar-refractivity contribution < 1.29 is 0 Å². The van der Waals surface area contributed by atoms with Crippen LogP contribution in [-0.4, -0.2) is 13.1 Å². The molecular formula is C11H17ClN2. The van der Waals surface area contributed by atoms with E-state index in [0.29, 0.717) is 0 Å². The second-order valence-electron chi connectivity index (χ2n) is 3.43. The first-order chi connectivity index (χ1) is 6.40. The van der Waals surface area contributed by atoms with E-state index in [1.54, 1.807) is 0 Å². The summed E-state index contributed by atoms with van der Waals surface area (Å²) in [6, 6.07) is 6.59. The molecule has 2 rings (SSSR count). The standard InChI is InChI=1S/C11H16N2.ClH/c1-2-12-10-6-5-9-4-3-7-13-11(9)8-10;/h5-6,8,12-13H,2-4,7H2,1H3;1H. The molecule has 0 bridgehead atoms. The molecule has 0 aromatic heterocycles. The fraction of sp³-hybridized carbons (Fsp3) is 0.455. The van der Waals surface area contributed by atoms with Gasteiger partial charge >= 0.3 is 0 Å². The summed E-state index contributed by atoms with van der Waals surface area (Å²) in [5, 5.41) is 6.74. The zero-order chi connectivity index (χ0) is 9.10. The first kappa shape index (κ1) is 11.2. The lowest BCUT2D eigenvalue weighted by Crippen LogP contribution is -2.11. The van der Waals surface area contributed by atoms with Crippen LogP contribution in [0.25, 0.3) is 0 Å². The van der Waals surface area contributed by atoms with Gasteiger partial charge in [-0.25, -0.2) is 0 Å². The maximum absolute atomic E-state index is 3.42. The Kier molecular flexibility index (Phi) is 4.08. The van der Waals surface area contributed by atoms with E-state index in [1.807, 2.05) is 0 Å². The van der Waals surface area contributed by atoms with Crippen molar-refractivity contribution in [1.82, 2.24) is 0 Å². The maximum atomic E-state index is 3.42. The summed E-state index contributed by atoms with van der Waals surface area (Å²) in [4.78, 5) is 0. The third kappa shape index (κ3) is 2.32. The number of halogens is 1. The molecule has 78 valence electrons. The molecule has 1 aliphatic rings. The fourth-order valence-corrected chi connectivity index (χ4v) is 1.78. The minimum Gasteiger partial charge on any atom is -0.385 e. The van der Waals surface area contributed by atoms with Crippen molar-refractivity contribution in [2.24, 2.45) is 0 Å². The number of hydrogen-bond donors (Lipinski definition) is 2. The van der Waals surface area contributed by atoms with Gasteiger partial charge in [0.2, 0.25) is 0 Å². The van der Waals surface area contributed by atoms with Gasteiger partial charge in [-0.3, -0.25) is 0 Å². The Labute approximate surface area is 91.5 Å². The summed E-state index contributed by atoms with van der Waals surface area (Å²) in [6.45, 7) is 4.22. The van der Waals surface area contributed by atoms with E-state index in [9.17, 15) is 0 Å². The SMILES string of the molecule is CCNc1ccc2c(c1)NCCC2.Cl. The van der Waals surface area contributed by atoms with Gasteiger partial charge in [0.1, 0.15) is 0 Å². The summed E-state index contributed by atoms with van der Waals surface area (Å²) in [5.41, 5.74) is 3.98. The van der Waals surface area contributed by atoms with Crippen LogP contribution in [0.15, 0.2) is 18.2 Å². The second-order valence-corrected chi connectivity index (χ2v) is 3.43. The van der Waals surface area contributed by atoms with Gasteiger partial charge in [-0.05, 0) is 37.5 Å². The Morgan fingerprint density at radius 3 is 3.07 bits per heavy atom. The smallest absolute Gasteiger partial charge is 0.0393 e. The van der Waals surface area contributed by atoms with Crippen molar-refractivity contribution in [2.75, 3.05) is 23.7 Å². The minimum atomic E-state index is 0. The topological polar surface area (TPSA) is 24.1 Å². The lowest BCUT2D eigenvalue weighted by molar-refractivity contribution is 0.830. The minimum absolute atomic E-state index is 0. The summed E-state index contributed by atoms with van der Waals surface area (Å²) in [7, 11) is 0. The van der Waals surface area contributed by atoms with E-state index >= 15 is 0 Å². The third-order valence-corrected chi connectivity index (χ3v) is 2.43. The molecule has 0 saturated heterocycles. The van der Waals surface area contributed by atoms with Crippen LogP contribution in [0.4, 0.5) is 11.4 Å². The molecule has 1 aromatic rings. The third-order valence-electron chi connectivity index (χ3n) is 2.43. The van der Waals surface area contributed by atoms with Gasteiger partial charge < -0.3 is 10.6 Å². The highest BCUT2D eigenvalue weighted by molar-refractivity contribution is 5.85. The Hall–Kier alpha value is -0.890. The lowest BCUT2D eigenvalue weighted by Gasteiger charge is -2.18. The van der Waals surface area contributed by atoms with Crippen LogP contribution in [-0.2, 0) is 6.42 Å². The summed E-state index contributed by atoms with van der Waals surface area (Å²) >= 11 is 0. The Morgan fingerprint density at radius 2 is 2.29 bits per heavy atom. The van der Waals surface area contributed by atoms with Crippen LogP contribution in [0.2, 0.25) is 0 Å². The van der Waals surface area contributed by atoms with Gasteiger partial charge in [-0.1, -0.05) is 6.07 Å². The molecule has 0 atom stereocenters. The second kappa shape index (κ2) is 5.11. The summed E-state index contributed by atoms with van der Waals surface area (Å²) < 4.78 is 0. The van der Waals surface area contributed by atoms with E-state index in [4.69, 9.17) is 0 Å². The average molecular weight is 213 g/mol. The molecule has 0 fully saturated rings. The maximum Gasteiger partial charge on any atom is 0.0393 e. The van der Waals surface area contributed by atoms with Gasteiger partial charge in [0.25, 0.3) is 0 Å². The molecule has 0 radical (unpaired) electrons. The lowest BCUT2D eigenvalue weighted by atomic mass is 10.0. The molecule has 1 heterocycles. The van der Waals surface area contributed by atoms with Gasteiger partial charge in [0.15, 0.2) is 0 Å². The molecule has 0 aliphatic carbocycles. The van der Waals surface area contributed by atoms with E-state index in [2.05, 4.69) is 35.8 Å². The highest BCUT2D eigenvalue weighted by Crippen LogP contribution is 2.25. The van der Waals surface area contributed by atoms with Crippen LogP contribution in [0.5, 0.6) is 0 Å². The monoisotopic (exact) mass is 212 g/mol. The van der Waals surface area contributed by atoms with E-state index < -0.39 is 0 Å². The number of fused-ring (bicyclic) bond motifs is 1. The van der Waals surface area contributed by atoms with Crippen LogP contribution >= 0.6 is 12.4 Å². The van der Waals surface area contributed by atoms with Crippen LogP contribution in [0.3, 0.4) is 0 Å². The Morgan fingerprint density at radius 1 is 1.43 bits per heavy atom. The molecule has 0 amide bonds. The highest BCUT2D eigenvalue weighted by atomic mass is 35.5. The number of benzene rings is 1. The summed E-state index contributed by atoms with van der Waals surface area (Å²) in [5.74, 6) is 0. The predicted molar refractivity (Wildman–Crippen MR) is 64.7 cm³/mol. The zero-order valence-electron chi connectivity index (χ0n) is 8.47. The van der Waals surface area contributed by atoms with Gasteiger partial charge in [-0.2, -0.15) is 0 Å². The number of rotatable bonds is 2. The van der Waals surface area contributed by atoms with Crippen molar-refractivity contribution in [3.05, 3.63) is 23.8 Å². The molecule has 14 heavy (non-hydrogen) atoms. The first-order valence-electron chi connectivity index (χ1n) is 5.01. The molecule has 0 spiro atoms. The van der Waals surface area contributed by atoms with Gasteiger partial charge in [0.05, 0.1) is 0 Å². The van der Waals surface area contributed by atoms with Crippen LogP contribution in [0, 0.1) is 0 Å². The van der Waals surface area contributed by atoms with Crippen molar-refractivity contribution >= 4 is 23.8 Å². The van der Waals surface area contributed by atoms with E-state index in [1.165, 1.54) is 29.8 Å². The van der Waals surface area contributed by atoms with E-state index in [-0.39, 0.29) is 12.4 Å². The number of anilines is 2. The molecule has 2 N–H and O–H groups in total. The highest BCUT2D eigenvalue weighted by Gasteiger charge is 2.07. The molecular weight excluding hydrogens is 196 g/mol. The Balaban J connectivity index is 0.000000980. The normalized spacial score (nSPS) is 13.5. The molecule has 3 heteroatoms. The number of aryl methyl sites for hydroxylation is 1. The first-order valence-corrected chi connectivity index (χ1v) is 5.01. The van der Waals surface area contributed by atoms with Crippen LogP contribution in [0.1, 0.15) is 18.9 Å². The van der Waals surface area contributed by atoms with E-state index in [0.717, 1.165) is 13.1 Å². The number of nitrogens with one attached hydrogen (secondary N) is 2. The molecule has 1 aliphatic heterocycles. The van der Waals surface area contributed by atoms with Crippen molar-refractivity contribution in [3.8, 4) is 0 Å². The predicted octanol–water partition coefficient (Wildman–Crippen LogP) is 2.90. The fourth-order valence-electron chi connectivity index (χ4n) is 1.78. The molecule has 2 nitrogen and oxygen atoms in total. The van der Waals surface area contributed by atoms with Gasteiger partial charge in [-0.15, -0.1) is 12.4 Å².